The van der Waals surface area contributed by atoms with E-state index >= 15 is 0 Å². The van der Waals surface area contributed by atoms with Gasteiger partial charge in [0.15, 0.2) is 0 Å². The van der Waals surface area contributed by atoms with E-state index in [1.54, 1.807) is 0 Å². The Morgan fingerprint density at radius 2 is 2.33 bits per heavy atom. The zero-order valence-electron chi connectivity index (χ0n) is 9.62. The van der Waals surface area contributed by atoms with Gasteiger partial charge >= 0.3 is 0 Å². The van der Waals surface area contributed by atoms with Crippen LogP contribution in [0.2, 0.25) is 0 Å². The molecule has 3 nitrogen and oxygen atoms in total. The topological polar surface area (TPSA) is 37.8 Å². The van der Waals surface area contributed by atoms with Crippen molar-refractivity contribution in [2.24, 2.45) is 0 Å². The molecule has 1 rings (SSSR count). The molecule has 0 saturated heterocycles. The molecule has 0 aliphatic rings. The van der Waals surface area contributed by atoms with Gasteiger partial charge in [-0.05, 0) is 19.1 Å². The van der Waals surface area contributed by atoms with E-state index in [1.807, 2.05) is 11.8 Å². The summed E-state index contributed by atoms with van der Waals surface area (Å²) in [6.07, 6.45) is 5.41. The smallest absolute Gasteiger partial charge is 0.202 e. The van der Waals surface area contributed by atoms with Crippen LogP contribution in [0, 0.1) is 0 Å². The lowest BCUT2D eigenvalue weighted by Crippen LogP contribution is -2.07. The van der Waals surface area contributed by atoms with Crippen molar-refractivity contribution in [1.82, 2.24) is 9.36 Å². The summed E-state index contributed by atoms with van der Waals surface area (Å²) in [5, 5.41) is 4.99. The van der Waals surface area contributed by atoms with Crippen LogP contribution in [0.1, 0.15) is 32.5 Å². The first-order chi connectivity index (χ1) is 7.26. The van der Waals surface area contributed by atoms with Gasteiger partial charge < -0.3 is 5.32 Å². The molecule has 5 heteroatoms. The number of aromatic nitrogens is 2. The number of aryl methyl sites for hydroxylation is 1. The molecule has 1 aromatic heterocycles. The quantitative estimate of drug-likeness (QED) is 0.801. The zero-order chi connectivity index (χ0) is 11.1. The summed E-state index contributed by atoms with van der Waals surface area (Å²) in [5.41, 5.74) is 0. The van der Waals surface area contributed by atoms with Gasteiger partial charge in [-0.2, -0.15) is 16.1 Å². The average molecular weight is 245 g/mol. The second kappa shape index (κ2) is 7.06. The lowest BCUT2D eigenvalue weighted by atomic mass is 10.3. The Morgan fingerprint density at radius 3 is 3.00 bits per heavy atom. The highest BCUT2D eigenvalue weighted by molar-refractivity contribution is 7.99. The molecule has 1 unspecified atom stereocenters. The van der Waals surface area contributed by atoms with Gasteiger partial charge in [-0.3, -0.25) is 0 Å². The fourth-order valence-corrected chi connectivity index (χ4v) is 2.14. The van der Waals surface area contributed by atoms with Gasteiger partial charge in [0, 0.05) is 29.7 Å². The Bertz CT molecular complexity index is 275. The number of thioether (sulfide) groups is 1. The van der Waals surface area contributed by atoms with Crippen LogP contribution in [0.15, 0.2) is 0 Å². The van der Waals surface area contributed by atoms with Gasteiger partial charge in [0.05, 0.1) is 0 Å². The van der Waals surface area contributed by atoms with Crippen molar-refractivity contribution >= 4 is 28.4 Å². The molecule has 0 aliphatic heterocycles. The molecule has 0 saturated carbocycles. The summed E-state index contributed by atoms with van der Waals surface area (Å²) in [6.45, 7) is 5.38. The summed E-state index contributed by atoms with van der Waals surface area (Å²) >= 11 is 3.37. The van der Waals surface area contributed by atoms with Gasteiger partial charge in [0.1, 0.15) is 5.82 Å². The molecule has 0 bridgehead atoms. The van der Waals surface area contributed by atoms with E-state index in [2.05, 4.69) is 34.8 Å². The molecular formula is C10H19N3S2. The summed E-state index contributed by atoms with van der Waals surface area (Å²) in [7, 11) is 0. The van der Waals surface area contributed by atoms with Crippen LogP contribution in [0.3, 0.4) is 0 Å². The molecule has 15 heavy (non-hydrogen) atoms. The zero-order valence-corrected chi connectivity index (χ0v) is 11.2. The van der Waals surface area contributed by atoms with E-state index in [0.29, 0.717) is 5.25 Å². The highest BCUT2D eigenvalue weighted by Gasteiger charge is 2.03. The fourth-order valence-electron chi connectivity index (χ4n) is 1.15. The minimum Gasteiger partial charge on any atom is -0.360 e. The van der Waals surface area contributed by atoms with Crippen LogP contribution in [-0.2, 0) is 6.42 Å². The van der Waals surface area contributed by atoms with Crippen LogP contribution in [-0.4, -0.2) is 27.4 Å². The minimum absolute atomic E-state index is 0.709. The number of anilines is 1. The van der Waals surface area contributed by atoms with Gasteiger partial charge in [-0.25, -0.2) is 4.98 Å². The van der Waals surface area contributed by atoms with E-state index in [1.165, 1.54) is 18.0 Å². The Kier molecular flexibility index (Phi) is 6.02. The lowest BCUT2D eigenvalue weighted by Gasteiger charge is -2.07. The molecule has 0 aliphatic carbocycles. The second-order valence-corrected chi connectivity index (χ2v) is 5.56. The molecule has 0 fully saturated rings. The molecule has 0 aromatic carbocycles. The SMILES string of the molecule is CCCc1nsc(NCCC(C)SC)n1. The first-order valence-corrected chi connectivity index (χ1v) is 7.41. The Morgan fingerprint density at radius 1 is 1.53 bits per heavy atom. The van der Waals surface area contributed by atoms with Crippen molar-refractivity contribution in [2.75, 3.05) is 18.1 Å². The predicted molar refractivity (Wildman–Crippen MR) is 70.0 cm³/mol. The molecule has 1 heterocycles. The van der Waals surface area contributed by atoms with E-state index in [4.69, 9.17) is 0 Å². The summed E-state index contributed by atoms with van der Waals surface area (Å²) in [6, 6.07) is 0. The summed E-state index contributed by atoms with van der Waals surface area (Å²) < 4.78 is 4.29. The molecule has 0 spiro atoms. The summed E-state index contributed by atoms with van der Waals surface area (Å²) in [5.74, 6) is 0.975. The number of hydrogen-bond acceptors (Lipinski definition) is 5. The van der Waals surface area contributed by atoms with Crippen molar-refractivity contribution in [2.45, 2.75) is 38.4 Å². The molecule has 0 amide bonds. The third kappa shape index (κ3) is 4.84. The maximum absolute atomic E-state index is 4.41. The molecular weight excluding hydrogens is 226 g/mol. The summed E-state index contributed by atoms with van der Waals surface area (Å²) in [4.78, 5) is 4.41. The van der Waals surface area contributed by atoms with Gasteiger partial charge in [-0.15, -0.1) is 0 Å². The number of rotatable bonds is 7. The Balaban J connectivity index is 2.25. The van der Waals surface area contributed by atoms with E-state index in [9.17, 15) is 0 Å². The van der Waals surface area contributed by atoms with E-state index in [-0.39, 0.29) is 0 Å². The standard InChI is InChI=1S/C10H19N3S2/c1-4-5-9-12-10(15-13-9)11-7-6-8(2)14-3/h8H,4-7H2,1-3H3,(H,11,12,13). The Labute approximate surface area is 100 Å². The third-order valence-electron chi connectivity index (χ3n) is 2.17. The predicted octanol–water partition coefficient (Wildman–Crippen LogP) is 3.04. The van der Waals surface area contributed by atoms with Crippen molar-refractivity contribution in [3.63, 3.8) is 0 Å². The highest BCUT2D eigenvalue weighted by atomic mass is 32.2. The first-order valence-electron chi connectivity index (χ1n) is 5.35. The van der Waals surface area contributed by atoms with Gasteiger partial charge in [0.2, 0.25) is 5.13 Å². The number of nitrogens with zero attached hydrogens (tertiary/aromatic N) is 2. The molecule has 1 N–H and O–H groups in total. The van der Waals surface area contributed by atoms with Crippen LogP contribution in [0.5, 0.6) is 0 Å². The monoisotopic (exact) mass is 245 g/mol. The number of nitrogens with one attached hydrogen (secondary N) is 1. The molecule has 1 atom stereocenters. The molecule has 86 valence electrons. The molecule has 1 aromatic rings. The van der Waals surface area contributed by atoms with Gasteiger partial charge in [-0.1, -0.05) is 13.8 Å². The van der Waals surface area contributed by atoms with Crippen molar-refractivity contribution < 1.29 is 0 Å². The maximum atomic E-state index is 4.41. The van der Waals surface area contributed by atoms with Crippen LogP contribution >= 0.6 is 23.3 Å². The minimum atomic E-state index is 0.709. The van der Waals surface area contributed by atoms with Gasteiger partial charge in [0.25, 0.3) is 0 Å². The highest BCUT2D eigenvalue weighted by Crippen LogP contribution is 2.14. The lowest BCUT2D eigenvalue weighted by molar-refractivity contribution is 0.842. The van der Waals surface area contributed by atoms with Crippen molar-refractivity contribution in [3.8, 4) is 0 Å². The van der Waals surface area contributed by atoms with Crippen molar-refractivity contribution in [1.29, 1.82) is 0 Å². The van der Waals surface area contributed by atoms with Crippen LogP contribution in [0.4, 0.5) is 5.13 Å². The Hall–Kier alpha value is -0.290. The fraction of sp³-hybridized carbons (Fsp3) is 0.800. The normalized spacial score (nSPS) is 12.7. The number of hydrogen-bond donors (Lipinski definition) is 1. The van der Waals surface area contributed by atoms with Crippen LogP contribution in [0.25, 0.3) is 0 Å². The van der Waals surface area contributed by atoms with Crippen molar-refractivity contribution in [3.05, 3.63) is 5.82 Å². The average Bonchev–Trinajstić information content (AvgIpc) is 2.66. The first kappa shape index (κ1) is 12.8. The van der Waals surface area contributed by atoms with Crippen LogP contribution < -0.4 is 5.32 Å². The molecule has 0 radical (unpaired) electrons. The van der Waals surface area contributed by atoms with E-state index in [0.717, 1.165) is 30.3 Å². The second-order valence-electron chi connectivity index (χ2n) is 3.53. The third-order valence-corrected chi connectivity index (χ3v) is 3.92. The largest absolute Gasteiger partial charge is 0.360 e. The van der Waals surface area contributed by atoms with E-state index < -0.39 is 0 Å². The maximum Gasteiger partial charge on any atom is 0.202 e.